The fourth-order valence-electron chi connectivity index (χ4n) is 2.58. The van der Waals surface area contributed by atoms with Crippen LogP contribution >= 0.6 is 0 Å². The van der Waals surface area contributed by atoms with E-state index in [1.807, 2.05) is 12.1 Å². The van der Waals surface area contributed by atoms with Gasteiger partial charge in [0.05, 0.1) is 19.3 Å². The highest BCUT2D eigenvalue weighted by atomic mass is 16.6. The normalized spacial score (nSPS) is 27.6. The average molecular weight is 264 g/mol. The summed E-state index contributed by atoms with van der Waals surface area (Å²) in [5.41, 5.74) is 2.44. The van der Waals surface area contributed by atoms with Crippen LogP contribution in [0.3, 0.4) is 0 Å². The van der Waals surface area contributed by atoms with E-state index < -0.39 is 6.10 Å². The summed E-state index contributed by atoms with van der Waals surface area (Å²) in [5.74, 6) is 0.0869. The van der Waals surface area contributed by atoms with Gasteiger partial charge >= 0.3 is 0 Å². The van der Waals surface area contributed by atoms with Crippen LogP contribution in [-0.4, -0.2) is 37.0 Å². The molecule has 1 aliphatic rings. The predicted octanol–water partition coefficient (Wildman–Crippen LogP) is 1.48. The molecule has 1 aliphatic heterocycles. The first kappa shape index (κ1) is 14.0. The molecule has 19 heavy (non-hydrogen) atoms. The standard InChI is InChI=1S/C15H20O4/c1-11-4-2-3-5-12(11)6-13-7-14(17)8-18-9-15(13)19-10-16/h2-5,10,13-15,17H,6-9H2,1H3/t13?,14-,15?/m0/s1. The third-order valence-corrected chi connectivity index (χ3v) is 3.67. The summed E-state index contributed by atoms with van der Waals surface area (Å²) in [5, 5.41) is 9.82. The zero-order valence-corrected chi connectivity index (χ0v) is 11.1. The smallest absolute Gasteiger partial charge is 0.293 e. The van der Waals surface area contributed by atoms with Crippen LogP contribution in [0.25, 0.3) is 0 Å². The molecule has 104 valence electrons. The number of carbonyl (C=O) groups is 1. The summed E-state index contributed by atoms with van der Waals surface area (Å²) in [4.78, 5) is 10.6. The first-order chi connectivity index (χ1) is 9.20. The number of hydrogen-bond acceptors (Lipinski definition) is 4. The molecule has 1 fully saturated rings. The predicted molar refractivity (Wildman–Crippen MR) is 70.8 cm³/mol. The Morgan fingerprint density at radius 3 is 2.95 bits per heavy atom. The second-order valence-corrected chi connectivity index (χ2v) is 5.09. The minimum atomic E-state index is -0.491. The Balaban J connectivity index is 2.12. The Morgan fingerprint density at radius 2 is 2.21 bits per heavy atom. The van der Waals surface area contributed by atoms with Crippen molar-refractivity contribution in [3.8, 4) is 0 Å². The number of aryl methyl sites for hydroxylation is 1. The third kappa shape index (κ3) is 3.78. The minimum Gasteiger partial charge on any atom is -0.462 e. The molecule has 0 amide bonds. The van der Waals surface area contributed by atoms with Gasteiger partial charge in [-0.15, -0.1) is 0 Å². The van der Waals surface area contributed by atoms with Crippen molar-refractivity contribution in [1.82, 2.24) is 0 Å². The number of benzene rings is 1. The summed E-state index contributed by atoms with van der Waals surface area (Å²) in [6.45, 7) is 3.19. The van der Waals surface area contributed by atoms with Gasteiger partial charge in [0.2, 0.25) is 0 Å². The van der Waals surface area contributed by atoms with Crippen molar-refractivity contribution in [2.75, 3.05) is 13.2 Å². The topological polar surface area (TPSA) is 55.8 Å². The van der Waals surface area contributed by atoms with E-state index in [1.54, 1.807) is 0 Å². The van der Waals surface area contributed by atoms with E-state index in [0.717, 1.165) is 6.42 Å². The SMILES string of the molecule is Cc1ccccc1CC1C[C@H](O)COCC1OC=O. The van der Waals surface area contributed by atoms with Crippen LogP contribution in [0.4, 0.5) is 0 Å². The van der Waals surface area contributed by atoms with Crippen LogP contribution in [0.1, 0.15) is 17.5 Å². The van der Waals surface area contributed by atoms with Gasteiger partial charge in [0, 0.05) is 5.92 Å². The lowest BCUT2D eigenvalue weighted by atomic mass is 9.88. The second kappa shape index (κ2) is 6.68. The molecule has 0 radical (unpaired) electrons. The van der Waals surface area contributed by atoms with Crippen LogP contribution in [0.2, 0.25) is 0 Å². The molecule has 4 heteroatoms. The summed E-state index contributed by atoms with van der Waals surface area (Å²) >= 11 is 0. The van der Waals surface area contributed by atoms with E-state index in [2.05, 4.69) is 19.1 Å². The van der Waals surface area contributed by atoms with E-state index in [4.69, 9.17) is 9.47 Å². The minimum absolute atomic E-state index is 0.0869. The highest BCUT2D eigenvalue weighted by molar-refractivity contribution is 5.37. The highest BCUT2D eigenvalue weighted by Gasteiger charge is 2.29. The molecule has 1 aromatic carbocycles. The van der Waals surface area contributed by atoms with Crippen molar-refractivity contribution >= 4 is 6.47 Å². The maximum absolute atomic E-state index is 10.6. The molecule has 4 nitrogen and oxygen atoms in total. The first-order valence-corrected chi connectivity index (χ1v) is 6.60. The number of aliphatic hydroxyl groups excluding tert-OH is 1. The lowest BCUT2D eigenvalue weighted by Gasteiger charge is -2.24. The third-order valence-electron chi connectivity index (χ3n) is 3.67. The molecule has 0 bridgehead atoms. The van der Waals surface area contributed by atoms with Crippen molar-refractivity contribution in [3.63, 3.8) is 0 Å². The van der Waals surface area contributed by atoms with E-state index in [0.29, 0.717) is 26.1 Å². The Hall–Kier alpha value is -1.39. The van der Waals surface area contributed by atoms with Crippen LogP contribution in [0.5, 0.6) is 0 Å². The number of carbonyl (C=O) groups excluding carboxylic acids is 1. The van der Waals surface area contributed by atoms with Crippen molar-refractivity contribution < 1.29 is 19.4 Å². The summed E-state index contributed by atoms with van der Waals surface area (Å²) in [6.07, 6.45) is 0.599. The lowest BCUT2D eigenvalue weighted by molar-refractivity contribution is -0.139. The van der Waals surface area contributed by atoms with Crippen molar-refractivity contribution in [2.24, 2.45) is 5.92 Å². The molecule has 1 aromatic rings. The molecule has 0 aliphatic carbocycles. The van der Waals surface area contributed by atoms with Gasteiger partial charge in [0.25, 0.3) is 6.47 Å². The number of rotatable bonds is 4. The molecule has 0 aromatic heterocycles. The number of ether oxygens (including phenoxy) is 2. The van der Waals surface area contributed by atoms with Gasteiger partial charge in [-0.05, 0) is 30.9 Å². The van der Waals surface area contributed by atoms with Gasteiger partial charge in [-0.3, -0.25) is 4.79 Å². The van der Waals surface area contributed by atoms with Crippen LogP contribution < -0.4 is 0 Å². The Morgan fingerprint density at radius 1 is 1.42 bits per heavy atom. The van der Waals surface area contributed by atoms with Crippen molar-refractivity contribution in [2.45, 2.75) is 32.0 Å². The molecule has 3 atom stereocenters. The van der Waals surface area contributed by atoms with Gasteiger partial charge in [-0.25, -0.2) is 0 Å². The summed E-state index contributed by atoms with van der Waals surface area (Å²) in [6, 6.07) is 8.14. The Kier molecular flexibility index (Phi) is 4.93. The molecular weight excluding hydrogens is 244 g/mol. The van der Waals surface area contributed by atoms with Gasteiger partial charge in [-0.2, -0.15) is 0 Å². The molecule has 2 unspecified atom stereocenters. The van der Waals surface area contributed by atoms with Crippen LogP contribution in [0, 0.1) is 12.8 Å². The monoisotopic (exact) mass is 264 g/mol. The number of aliphatic hydroxyl groups is 1. The number of hydrogen-bond donors (Lipinski definition) is 1. The Labute approximate surface area is 113 Å². The highest BCUT2D eigenvalue weighted by Crippen LogP contribution is 2.24. The molecule has 0 saturated carbocycles. The van der Waals surface area contributed by atoms with Gasteiger partial charge in [0.15, 0.2) is 0 Å². The fourth-order valence-corrected chi connectivity index (χ4v) is 2.58. The van der Waals surface area contributed by atoms with E-state index in [9.17, 15) is 9.90 Å². The average Bonchev–Trinajstić information content (AvgIpc) is 2.55. The van der Waals surface area contributed by atoms with Crippen molar-refractivity contribution in [1.29, 1.82) is 0 Å². The van der Waals surface area contributed by atoms with E-state index in [1.165, 1.54) is 11.1 Å². The van der Waals surface area contributed by atoms with E-state index in [-0.39, 0.29) is 12.0 Å². The largest absolute Gasteiger partial charge is 0.462 e. The summed E-state index contributed by atoms with van der Waals surface area (Å²) < 4.78 is 10.5. The lowest BCUT2D eigenvalue weighted by Crippen LogP contribution is -2.29. The van der Waals surface area contributed by atoms with Gasteiger partial charge in [0.1, 0.15) is 6.10 Å². The zero-order valence-electron chi connectivity index (χ0n) is 11.1. The molecular formula is C15H20O4. The van der Waals surface area contributed by atoms with Crippen LogP contribution in [-0.2, 0) is 20.7 Å². The second-order valence-electron chi connectivity index (χ2n) is 5.09. The summed E-state index contributed by atoms with van der Waals surface area (Å²) in [7, 11) is 0. The van der Waals surface area contributed by atoms with E-state index >= 15 is 0 Å². The van der Waals surface area contributed by atoms with Crippen LogP contribution in [0.15, 0.2) is 24.3 Å². The zero-order chi connectivity index (χ0) is 13.7. The quantitative estimate of drug-likeness (QED) is 0.837. The molecule has 1 N–H and O–H groups in total. The van der Waals surface area contributed by atoms with Gasteiger partial charge in [-0.1, -0.05) is 24.3 Å². The molecule has 1 heterocycles. The Bertz CT molecular complexity index is 418. The molecule has 2 rings (SSSR count). The van der Waals surface area contributed by atoms with Gasteiger partial charge < -0.3 is 14.6 Å². The maximum Gasteiger partial charge on any atom is 0.293 e. The fraction of sp³-hybridized carbons (Fsp3) is 0.533. The molecule has 0 spiro atoms. The maximum atomic E-state index is 10.6. The molecule has 1 saturated heterocycles. The van der Waals surface area contributed by atoms with Crippen molar-refractivity contribution in [3.05, 3.63) is 35.4 Å². The first-order valence-electron chi connectivity index (χ1n) is 6.60.